The van der Waals surface area contributed by atoms with Crippen LogP contribution >= 0.6 is 0 Å². The molecule has 1 aromatic carbocycles. The number of nitriles is 2. The van der Waals surface area contributed by atoms with Gasteiger partial charge in [0.1, 0.15) is 23.5 Å². The number of carboxylic acids is 1. The highest BCUT2D eigenvalue weighted by atomic mass is 16.7. The maximum Gasteiger partial charge on any atom is 0.312 e. The highest BCUT2D eigenvalue weighted by Crippen LogP contribution is 2.40. The summed E-state index contributed by atoms with van der Waals surface area (Å²) in [7, 11) is 0. The summed E-state index contributed by atoms with van der Waals surface area (Å²) in [5, 5.41) is 28.3. The van der Waals surface area contributed by atoms with Gasteiger partial charge in [-0.1, -0.05) is 6.07 Å². The van der Waals surface area contributed by atoms with Crippen molar-refractivity contribution in [1.82, 2.24) is 4.98 Å². The smallest absolute Gasteiger partial charge is 0.312 e. The first-order valence-electron chi connectivity index (χ1n) is 7.24. The Balaban J connectivity index is 2.33. The average molecular weight is 336 g/mol. The number of anilines is 1. The van der Waals surface area contributed by atoms with Gasteiger partial charge in [-0.3, -0.25) is 4.79 Å². The number of benzene rings is 1. The predicted octanol–water partition coefficient (Wildman–Crippen LogP) is 1.99. The minimum atomic E-state index is -1.15. The van der Waals surface area contributed by atoms with Gasteiger partial charge in [0.15, 0.2) is 11.5 Å². The molecule has 8 heteroatoms. The molecule has 0 spiro atoms. The first kappa shape index (κ1) is 16.1. The number of rotatable bonds is 3. The van der Waals surface area contributed by atoms with E-state index in [1.807, 2.05) is 12.1 Å². The summed E-state index contributed by atoms with van der Waals surface area (Å²) >= 11 is 0. The minimum absolute atomic E-state index is 0.000449. The quantitative estimate of drug-likeness (QED) is 0.866. The summed E-state index contributed by atoms with van der Waals surface area (Å²) in [4.78, 5) is 15.3. The molecule has 3 N–H and O–H groups in total. The van der Waals surface area contributed by atoms with E-state index in [1.54, 1.807) is 18.2 Å². The number of carboxylic acid groups (broad SMARTS) is 1. The van der Waals surface area contributed by atoms with Crippen molar-refractivity contribution in [3.8, 4) is 34.8 Å². The number of ether oxygens (including phenoxy) is 2. The van der Waals surface area contributed by atoms with Gasteiger partial charge in [0.25, 0.3) is 0 Å². The van der Waals surface area contributed by atoms with E-state index in [2.05, 4.69) is 4.98 Å². The lowest BCUT2D eigenvalue weighted by Crippen LogP contribution is -2.14. The molecule has 1 atom stereocenters. The second kappa shape index (κ2) is 6.02. The van der Waals surface area contributed by atoms with Crippen molar-refractivity contribution in [3.63, 3.8) is 0 Å². The molecule has 0 fully saturated rings. The van der Waals surface area contributed by atoms with Crippen molar-refractivity contribution in [2.24, 2.45) is 0 Å². The number of nitrogen functional groups attached to an aromatic ring is 1. The molecular formula is C17H12N4O4. The largest absolute Gasteiger partial charge is 0.481 e. The van der Waals surface area contributed by atoms with Crippen LogP contribution in [0.25, 0.3) is 11.1 Å². The molecule has 0 radical (unpaired) electrons. The molecule has 124 valence electrons. The SMILES string of the molecule is CC(C(=O)O)c1nc(N)c(C#N)c(-c2ccc3c(c2)OCO3)c1C#N. The first-order chi connectivity index (χ1) is 12.0. The van der Waals surface area contributed by atoms with Gasteiger partial charge in [-0.2, -0.15) is 10.5 Å². The molecule has 0 amide bonds. The molecule has 0 bridgehead atoms. The standard InChI is InChI=1S/C17H12N4O4/c1-8(17(22)23)15-10(5-18)14(11(6-19)16(20)21-15)9-2-3-12-13(4-9)25-7-24-12/h2-4,8H,7H2,1H3,(H2,20,21)(H,22,23). The molecule has 1 unspecified atom stereocenters. The number of pyridine rings is 1. The number of hydrogen-bond donors (Lipinski definition) is 2. The number of fused-ring (bicyclic) bond motifs is 1. The van der Waals surface area contributed by atoms with Crippen LogP contribution in [0.3, 0.4) is 0 Å². The van der Waals surface area contributed by atoms with Crippen molar-refractivity contribution in [2.75, 3.05) is 12.5 Å². The van der Waals surface area contributed by atoms with Crippen LogP contribution in [0.15, 0.2) is 18.2 Å². The van der Waals surface area contributed by atoms with Gasteiger partial charge < -0.3 is 20.3 Å². The molecule has 0 aliphatic carbocycles. The Morgan fingerprint density at radius 1 is 1.28 bits per heavy atom. The fourth-order valence-electron chi connectivity index (χ4n) is 2.62. The van der Waals surface area contributed by atoms with Gasteiger partial charge in [0.05, 0.1) is 17.2 Å². The molecule has 1 aromatic heterocycles. The average Bonchev–Trinajstić information content (AvgIpc) is 3.07. The van der Waals surface area contributed by atoms with Crippen LogP contribution in [0.2, 0.25) is 0 Å². The number of aromatic nitrogens is 1. The number of aliphatic carboxylic acids is 1. The second-order valence-electron chi connectivity index (χ2n) is 5.36. The van der Waals surface area contributed by atoms with Crippen LogP contribution in [0, 0.1) is 22.7 Å². The fraction of sp³-hybridized carbons (Fsp3) is 0.176. The lowest BCUT2D eigenvalue weighted by Gasteiger charge is -2.15. The normalized spacial score (nSPS) is 12.9. The van der Waals surface area contributed by atoms with E-state index >= 15 is 0 Å². The minimum Gasteiger partial charge on any atom is -0.481 e. The lowest BCUT2D eigenvalue weighted by atomic mass is 9.91. The third-order valence-electron chi connectivity index (χ3n) is 3.92. The fourth-order valence-corrected chi connectivity index (χ4v) is 2.62. The van der Waals surface area contributed by atoms with Gasteiger partial charge in [-0.25, -0.2) is 4.98 Å². The topological polar surface area (TPSA) is 142 Å². The maximum atomic E-state index is 11.3. The van der Waals surface area contributed by atoms with E-state index in [0.29, 0.717) is 17.1 Å². The second-order valence-corrected chi connectivity index (χ2v) is 5.36. The van der Waals surface area contributed by atoms with Crippen LogP contribution in [0.1, 0.15) is 29.7 Å². The van der Waals surface area contributed by atoms with E-state index in [1.165, 1.54) is 6.92 Å². The van der Waals surface area contributed by atoms with Crippen molar-refractivity contribution >= 4 is 11.8 Å². The van der Waals surface area contributed by atoms with Crippen LogP contribution in [0.4, 0.5) is 5.82 Å². The zero-order valence-corrected chi connectivity index (χ0v) is 13.1. The number of hydrogen-bond acceptors (Lipinski definition) is 7. The summed E-state index contributed by atoms with van der Waals surface area (Å²) in [5.41, 5.74) is 6.60. The van der Waals surface area contributed by atoms with Crippen molar-refractivity contribution in [3.05, 3.63) is 35.0 Å². The van der Waals surface area contributed by atoms with Crippen molar-refractivity contribution < 1.29 is 19.4 Å². The third kappa shape index (κ3) is 2.56. The van der Waals surface area contributed by atoms with Crippen molar-refractivity contribution in [2.45, 2.75) is 12.8 Å². The molecule has 0 saturated heterocycles. The van der Waals surface area contributed by atoms with Crippen LogP contribution < -0.4 is 15.2 Å². The summed E-state index contributed by atoms with van der Waals surface area (Å²) in [6, 6.07) is 8.83. The Hall–Kier alpha value is -3.78. The summed E-state index contributed by atoms with van der Waals surface area (Å²) in [5.74, 6) is -1.32. The van der Waals surface area contributed by atoms with Gasteiger partial charge in [0.2, 0.25) is 6.79 Å². The highest BCUT2D eigenvalue weighted by molar-refractivity contribution is 5.85. The van der Waals surface area contributed by atoms with Crippen LogP contribution in [-0.2, 0) is 4.79 Å². The van der Waals surface area contributed by atoms with E-state index in [-0.39, 0.29) is 35.0 Å². The number of nitrogens with two attached hydrogens (primary N) is 1. The van der Waals surface area contributed by atoms with E-state index < -0.39 is 11.9 Å². The molecule has 2 heterocycles. The number of carbonyl (C=O) groups is 1. The Labute approximate surface area is 142 Å². The zero-order valence-electron chi connectivity index (χ0n) is 13.1. The Bertz CT molecular complexity index is 972. The molecule has 1 aliphatic rings. The Morgan fingerprint density at radius 2 is 1.96 bits per heavy atom. The molecule has 8 nitrogen and oxygen atoms in total. The van der Waals surface area contributed by atoms with Gasteiger partial charge in [0, 0.05) is 5.56 Å². The lowest BCUT2D eigenvalue weighted by molar-refractivity contribution is -0.138. The van der Waals surface area contributed by atoms with E-state index in [4.69, 9.17) is 15.2 Å². The van der Waals surface area contributed by atoms with Crippen molar-refractivity contribution in [1.29, 1.82) is 10.5 Å². The Kier molecular flexibility index (Phi) is 3.88. The summed E-state index contributed by atoms with van der Waals surface area (Å²) in [6.07, 6.45) is 0. The Morgan fingerprint density at radius 3 is 2.60 bits per heavy atom. The van der Waals surface area contributed by atoms with Gasteiger partial charge in [-0.05, 0) is 24.6 Å². The van der Waals surface area contributed by atoms with Crippen LogP contribution in [-0.4, -0.2) is 22.9 Å². The van der Waals surface area contributed by atoms with E-state index in [9.17, 15) is 20.4 Å². The van der Waals surface area contributed by atoms with Crippen LogP contribution in [0.5, 0.6) is 11.5 Å². The molecule has 25 heavy (non-hydrogen) atoms. The molecular weight excluding hydrogens is 324 g/mol. The third-order valence-corrected chi connectivity index (χ3v) is 3.92. The molecule has 2 aromatic rings. The van der Waals surface area contributed by atoms with E-state index in [0.717, 1.165) is 0 Å². The first-order valence-corrected chi connectivity index (χ1v) is 7.24. The molecule has 1 aliphatic heterocycles. The maximum absolute atomic E-state index is 11.3. The van der Waals surface area contributed by atoms with Gasteiger partial charge in [-0.15, -0.1) is 0 Å². The number of nitrogens with zero attached hydrogens (tertiary/aromatic N) is 3. The highest BCUT2D eigenvalue weighted by Gasteiger charge is 2.27. The summed E-state index contributed by atoms with van der Waals surface area (Å²) in [6.45, 7) is 1.48. The monoisotopic (exact) mass is 336 g/mol. The molecule has 0 saturated carbocycles. The predicted molar refractivity (Wildman–Crippen MR) is 85.7 cm³/mol. The molecule has 3 rings (SSSR count). The summed E-state index contributed by atoms with van der Waals surface area (Å²) < 4.78 is 10.6. The zero-order chi connectivity index (χ0) is 18.1. The van der Waals surface area contributed by atoms with Gasteiger partial charge >= 0.3 is 5.97 Å².